The Labute approximate surface area is 127 Å². The van der Waals surface area contributed by atoms with E-state index in [4.69, 9.17) is 4.74 Å². The van der Waals surface area contributed by atoms with E-state index in [1.54, 1.807) is 7.11 Å². The third kappa shape index (κ3) is 4.05. The highest BCUT2D eigenvalue weighted by Gasteiger charge is 2.38. The molecule has 4 nitrogen and oxygen atoms in total. The molecule has 1 aliphatic rings. The van der Waals surface area contributed by atoms with Gasteiger partial charge in [-0.15, -0.1) is 0 Å². The summed E-state index contributed by atoms with van der Waals surface area (Å²) in [5.74, 6) is 0.167. The lowest BCUT2D eigenvalue weighted by Crippen LogP contribution is -2.44. The molecule has 0 saturated carbocycles. The van der Waals surface area contributed by atoms with Crippen molar-refractivity contribution in [2.45, 2.75) is 39.2 Å². The molecule has 1 saturated heterocycles. The first-order chi connectivity index (χ1) is 10.2. The van der Waals surface area contributed by atoms with Crippen LogP contribution in [0.25, 0.3) is 0 Å². The molecule has 0 bridgehead atoms. The van der Waals surface area contributed by atoms with Crippen molar-refractivity contribution in [3.63, 3.8) is 0 Å². The summed E-state index contributed by atoms with van der Waals surface area (Å²) in [4.78, 5) is 12.8. The fraction of sp³-hybridized carbons (Fsp3) is 0.588. The molecule has 21 heavy (non-hydrogen) atoms. The molecule has 1 fully saturated rings. The van der Waals surface area contributed by atoms with Crippen LogP contribution in [0.5, 0.6) is 0 Å². The van der Waals surface area contributed by atoms with Crippen LogP contribution in [0.15, 0.2) is 24.3 Å². The molecule has 0 aromatic heterocycles. The number of hydrogen-bond donors (Lipinski definition) is 2. The molecule has 1 aromatic rings. The van der Waals surface area contributed by atoms with Crippen LogP contribution < -0.4 is 10.6 Å². The third-order valence-electron chi connectivity index (χ3n) is 4.27. The quantitative estimate of drug-likeness (QED) is 0.847. The number of hydrogen-bond acceptors (Lipinski definition) is 3. The first-order valence-electron chi connectivity index (χ1n) is 7.80. The van der Waals surface area contributed by atoms with Gasteiger partial charge in [0.2, 0.25) is 5.91 Å². The molecule has 0 unspecified atom stereocenters. The molecule has 1 aliphatic heterocycles. The minimum absolute atomic E-state index is 0.167. The van der Waals surface area contributed by atoms with Crippen molar-refractivity contribution in [2.24, 2.45) is 5.41 Å². The Morgan fingerprint density at radius 2 is 2.14 bits per heavy atom. The van der Waals surface area contributed by atoms with Gasteiger partial charge in [-0.25, -0.2) is 0 Å². The zero-order chi connectivity index (χ0) is 15.1. The zero-order valence-corrected chi connectivity index (χ0v) is 13.1. The van der Waals surface area contributed by atoms with E-state index in [0.29, 0.717) is 6.61 Å². The molecule has 0 atom stereocenters. The van der Waals surface area contributed by atoms with E-state index in [1.165, 1.54) is 0 Å². The highest BCUT2D eigenvalue weighted by molar-refractivity contribution is 5.95. The summed E-state index contributed by atoms with van der Waals surface area (Å²) >= 11 is 0. The van der Waals surface area contributed by atoms with Gasteiger partial charge in [0.15, 0.2) is 0 Å². The minimum atomic E-state index is -0.211. The van der Waals surface area contributed by atoms with Crippen LogP contribution >= 0.6 is 0 Å². The van der Waals surface area contributed by atoms with E-state index in [0.717, 1.165) is 50.0 Å². The number of methoxy groups -OCH3 is 1. The van der Waals surface area contributed by atoms with Crippen molar-refractivity contribution in [1.82, 2.24) is 5.32 Å². The normalized spacial score (nSPS) is 17.4. The largest absolute Gasteiger partial charge is 0.380 e. The van der Waals surface area contributed by atoms with Gasteiger partial charge < -0.3 is 15.4 Å². The smallest absolute Gasteiger partial charge is 0.230 e. The molecule has 1 aromatic carbocycles. The molecular weight excluding hydrogens is 264 g/mol. The number of nitrogens with one attached hydrogen (secondary N) is 2. The maximum atomic E-state index is 12.8. The SMILES string of the molecule is CCCC1(C(=O)Nc2cccc(COC)c2)CCNCC1. The Kier molecular flexibility index (Phi) is 5.76. The summed E-state index contributed by atoms with van der Waals surface area (Å²) < 4.78 is 5.14. The predicted octanol–water partition coefficient (Wildman–Crippen LogP) is 2.94. The number of carbonyl (C=O) groups excluding carboxylic acids is 1. The summed E-state index contributed by atoms with van der Waals surface area (Å²) in [7, 11) is 1.68. The van der Waals surface area contributed by atoms with E-state index in [1.807, 2.05) is 24.3 Å². The number of ether oxygens (including phenoxy) is 1. The molecule has 1 heterocycles. The Morgan fingerprint density at radius 1 is 1.38 bits per heavy atom. The summed E-state index contributed by atoms with van der Waals surface area (Å²) in [5, 5.41) is 6.46. The van der Waals surface area contributed by atoms with Gasteiger partial charge >= 0.3 is 0 Å². The number of benzene rings is 1. The second-order valence-electron chi connectivity index (χ2n) is 5.87. The predicted molar refractivity (Wildman–Crippen MR) is 85.2 cm³/mol. The molecular formula is C17H26N2O2. The first-order valence-corrected chi connectivity index (χ1v) is 7.80. The van der Waals surface area contributed by atoms with Gasteiger partial charge in [0.1, 0.15) is 0 Å². The zero-order valence-electron chi connectivity index (χ0n) is 13.1. The second kappa shape index (κ2) is 7.57. The molecule has 1 amide bonds. The molecule has 0 aliphatic carbocycles. The number of carbonyl (C=O) groups is 1. The van der Waals surface area contributed by atoms with E-state index < -0.39 is 0 Å². The molecule has 2 N–H and O–H groups in total. The van der Waals surface area contributed by atoms with Gasteiger partial charge in [0.05, 0.1) is 12.0 Å². The van der Waals surface area contributed by atoms with Crippen molar-refractivity contribution in [2.75, 3.05) is 25.5 Å². The molecule has 2 rings (SSSR count). The summed E-state index contributed by atoms with van der Waals surface area (Å²) in [5.41, 5.74) is 1.73. The van der Waals surface area contributed by atoms with Gasteiger partial charge in [-0.05, 0) is 50.0 Å². The van der Waals surface area contributed by atoms with Crippen molar-refractivity contribution in [3.05, 3.63) is 29.8 Å². The average molecular weight is 290 g/mol. The number of piperidine rings is 1. The van der Waals surface area contributed by atoms with Gasteiger partial charge in [-0.3, -0.25) is 4.79 Å². The second-order valence-corrected chi connectivity index (χ2v) is 5.87. The van der Waals surface area contributed by atoms with E-state index in [-0.39, 0.29) is 11.3 Å². The standard InChI is InChI=1S/C17H26N2O2/c1-3-7-17(8-10-18-11-9-17)16(20)19-15-6-4-5-14(12-15)13-21-2/h4-6,12,18H,3,7-11,13H2,1-2H3,(H,19,20). The molecule has 0 radical (unpaired) electrons. The van der Waals surface area contributed by atoms with Crippen LogP contribution in [0.3, 0.4) is 0 Å². The van der Waals surface area contributed by atoms with Gasteiger partial charge in [-0.2, -0.15) is 0 Å². The van der Waals surface area contributed by atoms with Gasteiger partial charge in [0.25, 0.3) is 0 Å². The summed E-state index contributed by atoms with van der Waals surface area (Å²) in [6.07, 6.45) is 3.84. The van der Waals surface area contributed by atoms with Crippen LogP contribution in [0, 0.1) is 5.41 Å². The number of amides is 1. The number of anilines is 1. The highest BCUT2D eigenvalue weighted by atomic mass is 16.5. The summed E-state index contributed by atoms with van der Waals surface area (Å²) in [6.45, 7) is 4.57. The van der Waals surface area contributed by atoms with Crippen LogP contribution in [0.1, 0.15) is 38.2 Å². The van der Waals surface area contributed by atoms with Crippen molar-refractivity contribution < 1.29 is 9.53 Å². The van der Waals surface area contributed by atoms with E-state index >= 15 is 0 Å². The van der Waals surface area contributed by atoms with Crippen LogP contribution in [0.4, 0.5) is 5.69 Å². The minimum Gasteiger partial charge on any atom is -0.380 e. The maximum absolute atomic E-state index is 12.8. The number of rotatable bonds is 6. The maximum Gasteiger partial charge on any atom is 0.230 e. The van der Waals surface area contributed by atoms with E-state index in [9.17, 15) is 4.79 Å². The van der Waals surface area contributed by atoms with E-state index in [2.05, 4.69) is 17.6 Å². The van der Waals surface area contributed by atoms with Crippen LogP contribution in [-0.2, 0) is 16.1 Å². The fourth-order valence-corrected chi connectivity index (χ4v) is 3.14. The van der Waals surface area contributed by atoms with Crippen molar-refractivity contribution in [3.8, 4) is 0 Å². The topological polar surface area (TPSA) is 50.4 Å². The van der Waals surface area contributed by atoms with Crippen molar-refractivity contribution >= 4 is 11.6 Å². The Morgan fingerprint density at radius 3 is 2.81 bits per heavy atom. The van der Waals surface area contributed by atoms with Crippen molar-refractivity contribution in [1.29, 1.82) is 0 Å². The molecule has 4 heteroatoms. The first kappa shape index (κ1) is 16.0. The third-order valence-corrected chi connectivity index (χ3v) is 4.27. The monoisotopic (exact) mass is 290 g/mol. The van der Waals surface area contributed by atoms with Crippen LogP contribution in [0.2, 0.25) is 0 Å². The Bertz CT molecular complexity index is 462. The Balaban J connectivity index is 2.09. The lowest BCUT2D eigenvalue weighted by molar-refractivity contribution is -0.127. The fourth-order valence-electron chi connectivity index (χ4n) is 3.14. The lowest BCUT2D eigenvalue weighted by Gasteiger charge is -2.36. The average Bonchev–Trinajstić information content (AvgIpc) is 2.49. The highest BCUT2D eigenvalue weighted by Crippen LogP contribution is 2.35. The lowest BCUT2D eigenvalue weighted by atomic mass is 9.74. The Hall–Kier alpha value is -1.39. The molecule has 0 spiro atoms. The molecule has 116 valence electrons. The van der Waals surface area contributed by atoms with Crippen LogP contribution in [-0.4, -0.2) is 26.1 Å². The van der Waals surface area contributed by atoms with Gasteiger partial charge in [0, 0.05) is 12.8 Å². The summed E-state index contributed by atoms with van der Waals surface area (Å²) in [6, 6.07) is 7.89. The van der Waals surface area contributed by atoms with Gasteiger partial charge in [-0.1, -0.05) is 25.5 Å².